The van der Waals surface area contributed by atoms with E-state index in [2.05, 4.69) is 21.2 Å². The van der Waals surface area contributed by atoms with Gasteiger partial charge in [-0.3, -0.25) is 14.5 Å². The van der Waals surface area contributed by atoms with Crippen LogP contribution in [0.4, 0.5) is 5.69 Å². The van der Waals surface area contributed by atoms with E-state index >= 15 is 0 Å². The number of rotatable bonds is 6. The van der Waals surface area contributed by atoms with Crippen molar-refractivity contribution in [3.8, 4) is 6.07 Å². The molecule has 1 aromatic carbocycles. The highest BCUT2D eigenvalue weighted by Gasteiger charge is 2.22. The lowest BCUT2D eigenvalue weighted by Crippen LogP contribution is -2.51. The average Bonchev–Trinajstić information content (AvgIpc) is 2.74. The van der Waals surface area contributed by atoms with E-state index in [1.54, 1.807) is 24.3 Å². The molecule has 2 saturated heterocycles. The summed E-state index contributed by atoms with van der Waals surface area (Å²) in [7, 11) is 0. The molecule has 1 N–H and O–H groups in total. The Labute approximate surface area is 166 Å². The second-order valence-electron chi connectivity index (χ2n) is 7.55. The Bertz CT molecular complexity index is 699. The second kappa shape index (κ2) is 10.2. The molecule has 3 rings (SSSR count). The molecular weight excluding hydrogens is 354 g/mol. The largest absolute Gasteiger partial charge is 0.342 e. The fourth-order valence-corrected chi connectivity index (χ4v) is 3.72. The van der Waals surface area contributed by atoms with Gasteiger partial charge in [-0.05, 0) is 43.5 Å². The molecule has 2 amide bonds. The number of likely N-dealkylation sites (tertiary alicyclic amines) is 1. The highest BCUT2D eigenvalue weighted by molar-refractivity contribution is 5.90. The number of benzene rings is 1. The zero-order valence-electron chi connectivity index (χ0n) is 16.4. The van der Waals surface area contributed by atoms with Crippen LogP contribution in [0.1, 0.15) is 31.2 Å². The van der Waals surface area contributed by atoms with E-state index in [-0.39, 0.29) is 11.8 Å². The molecule has 0 aromatic heterocycles. The minimum Gasteiger partial charge on any atom is -0.342 e. The van der Waals surface area contributed by atoms with Crippen LogP contribution in [0.15, 0.2) is 24.3 Å². The van der Waals surface area contributed by atoms with Gasteiger partial charge >= 0.3 is 0 Å². The topological polar surface area (TPSA) is 79.7 Å². The number of piperazine rings is 1. The van der Waals surface area contributed by atoms with Crippen molar-refractivity contribution in [3.63, 3.8) is 0 Å². The van der Waals surface area contributed by atoms with Crippen molar-refractivity contribution in [2.45, 2.75) is 25.7 Å². The maximum absolute atomic E-state index is 12.4. The van der Waals surface area contributed by atoms with Crippen LogP contribution in [0, 0.1) is 11.3 Å². The van der Waals surface area contributed by atoms with Gasteiger partial charge in [-0.15, -0.1) is 0 Å². The molecule has 2 fully saturated rings. The van der Waals surface area contributed by atoms with Crippen molar-refractivity contribution in [2.75, 3.05) is 57.7 Å². The number of nitriles is 1. The number of nitrogens with one attached hydrogen (secondary N) is 1. The fourth-order valence-electron chi connectivity index (χ4n) is 3.72. The van der Waals surface area contributed by atoms with Crippen molar-refractivity contribution in [1.29, 1.82) is 5.26 Å². The molecule has 0 spiro atoms. The molecular formula is C21H29N5O2. The van der Waals surface area contributed by atoms with Gasteiger partial charge in [-0.1, -0.05) is 0 Å². The summed E-state index contributed by atoms with van der Waals surface area (Å²) in [6.07, 6.45) is 3.93. The van der Waals surface area contributed by atoms with Gasteiger partial charge in [0.2, 0.25) is 11.8 Å². The number of carbonyl (C=O) groups excluding carboxylic acids is 2. The summed E-state index contributed by atoms with van der Waals surface area (Å²) in [5.74, 6) is 0.238. The zero-order valence-corrected chi connectivity index (χ0v) is 16.4. The molecule has 0 atom stereocenters. The van der Waals surface area contributed by atoms with Gasteiger partial charge in [0.25, 0.3) is 0 Å². The Morgan fingerprint density at radius 1 is 0.929 bits per heavy atom. The highest BCUT2D eigenvalue weighted by atomic mass is 16.2. The maximum Gasteiger partial charge on any atom is 0.236 e. The molecule has 0 unspecified atom stereocenters. The fraction of sp³-hybridized carbons (Fsp3) is 0.571. The van der Waals surface area contributed by atoms with Crippen LogP contribution in [-0.2, 0) is 9.59 Å². The number of carbonyl (C=O) groups is 2. The predicted molar refractivity (Wildman–Crippen MR) is 108 cm³/mol. The van der Waals surface area contributed by atoms with Gasteiger partial charge in [-0.2, -0.15) is 5.26 Å². The molecule has 0 bridgehead atoms. The normalized spacial score (nSPS) is 18.5. The van der Waals surface area contributed by atoms with Crippen LogP contribution < -0.4 is 5.32 Å². The van der Waals surface area contributed by atoms with E-state index in [9.17, 15) is 9.59 Å². The van der Waals surface area contributed by atoms with Crippen molar-refractivity contribution in [3.05, 3.63) is 29.8 Å². The van der Waals surface area contributed by atoms with Gasteiger partial charge in [0.05, 0.1) is 18.2 Å². The van der Waals surface area contributed by atoms with E-state index < -0.39 is 0 Å². The Morgan fingerprint density at radius 2 is 1.57 bits per heavy atom. The van der Waals surface area contributed by atoms with Crippen LogP contribution in [0.5, 0.6) is 0 Å². The lowest BCUT2D eigenvalue weighted by Gasteiger charge is -2.36. The zero-order chi connectivity index (χ0) is 19.8. The average molecular weight is 383 g/mol. The third-order valence-electron chi connectivity index (χ3n) is 5.49. The van der Waals surface area contributed by atoms with Gasteiger partial charge in [0.1, 0.15) is 0 Å². The Hall–Kier alpha value is -2.43. The second-order valence-corrected chi connectivity index (χ2v) is 7.55. The van der Waals surface area contributed by atoms with Crippen molar-refractivity contribution in [1.82, 2.24) is 14.7 Å². The van der Waals surface area contributed by atoms with Crippen molar-refractivity contribution in [2.24, 2.45) is 0 Å². The molecule has 150 valence electrons. The maximum atomic E-state index is 12.4. The van der Waals surface area contributed by atoms with Crippen LogP contribution in [-0.4, -0.2) is 78.9 Å². The third kappa shape index (κ3) is 6.04. The summed E-state index contributed by atoms with van der Waals surface area (Å²) in [6.45, 7) is 6.58. The van der Waals surface area contributed by atoms with Crippen LogP contribution in [0.2, 0.25) is 0 Å². The summed E-state index contributed by atoms with van der Waals surface area (Å²) in [5, 5.41) is 11.7. The first-order valence-corrected chi connectivity index (χ1v) is 10.2. The summed E-state index contributed by atoms with van der Waals surface area (Å²) in [5.41, 5.74) is 1.29. The molecule has 7 nitrogen and oxygen atoms in total. The van der Waals surface area contributed by atoms with E-state index in [0.29, 0.717) is 24.2 Å². The Balaban J connectivity index is 1.33. The van der Waals surface area contributed by atoms with Crippen molar-refractivity contribution < 1.29 is 9.59 Å². The number of nitrogens with zero attached hydrogens (tertiary/aromatic N) is 4. The van der Waals surface area contributed by atoms with E-state index in [1.807, 2.05) is 4.90 Å². The van der Waals surface area contributed by atoms with Crippen LogP contribution in [0.25, 0.3) is 0 Å². The lowest BCUT2D eigenvalue weighted by molar-refractivity contribution is -0.133. The monoisotopic (exact) mass is 383 g/mol. The predicted octanol–water partition coefficient (Wildman–Crippen LogP) is 1.52. The summed E-state index contributed by atoms with van der Waals surface area (Å²) in [6, 6.07) is 8.94. The lowest BCUT2D eigenvalue weighted by atomic mass is 10.1. The summed E-state index contributed by atoms with van der Waals surface area (Å²) in [4.78, 5) is 31.0. The number of amides is 2. The molecule has 0 saturated carbocycles. The molecule has 2 aliphatic rings. The standard InChI is InChI=1S/C21H29N5O2/c22-16-18-4-6-19(7-5-18)23-20(27)8-11-24-12-14-25(15-13-24)17-21(28)26-9-2-1-3-10-26/h4-7H,1-3,8-15,17H2,(H,23,27). The third-order valence-corrected chi connectivity index (χ3v) is 5.49. The molecule has 0 radical (unpaired) electrons. The van der Waals surface area contributed by atoms with E-state index in [4.69, 9.17) is 5.26 Å². The minimum atomic E-state index is -0.0209. The van der Waals surface area contributed by atoms with E-state index in [0.717, 1.165) is 58.7 Å². The Kier molecular flexibility index (Phi) is 7.40. The molecule has 7 heteroatoms. The highest BCUT2D eigenvalue weighted by Crippen LogP contribution is 2.11. The minimum absolute atomic E-state index is 0.0209. The smallest absolute Gasteiger partial charge is 0.236 e. The molecule has 0 aliphatic carbocycles. The van der Waals surface area contributed by atoms with Crippen LogP contribution in [0.3, 0.4) is 0 Å². The number of piperidine rings is 1. The summed E-state index contributed by atoms with van der Waals surface area (Å²) < 4.78 is 0. The first-order valence-electron chi connectivity index (χ1n) is 10.2. The van der Waals surface area contributed by atoms with Crippen molar-refractivity contribution >= 4 is 17.5 Å². The van der Waals surface area contributed by atoms with Gasteiger partial charge in [0, 0.05) is 57.9 Å². The van der Waals surface area contributed by atoms with Gasteiger partial charge in [-0.25, -0.2) is 0 Å². The number of anilines is 1. The van der Waals surface area contributed by atoms with Crippen LogP contribution >= 0.6 is 0 Å². The number of hydrogen-bond donors (Lipinski definition) is 1. The first-order chi connectivity index (χ1) is 13.6. The molecule has 2 aliphatic heterocycles. The quantitative estimate of drug-likeness (QED) is 0.806. The Morgan fingerprint density at radius 3 is 2.21 bits per heavy atom. The molecule has 28 heavy (non-hydrogen) atoms. The SMILES string of the molecule is N#Cc1ccc(NC(=O)CCN2CCN(CC(=O)N3CCCCC3)CC2)cc1. The first kappa shape index (κ1) is 20.3. The molecule has 1 aromatic rings. The van der Waals surface area contributed by atoms with Gasteiger partial charge < -0.3 is 15.1 Å². The van der Waals surface area contributed by atoms with Gasteiger partial charge in [0.15, 0.2) is 0 Å². The number of hydrogen-bond acceptors (Lipinski definition) is 5. The van der Waals surface area contributed by atoms with E-state index in [1.165, 1.54) is 6.42 Å². The summed E-state index contributed by atoms with van der Waals surface area (Å²) >= 11 is 0. The molecule has 2 heterocycles.